The minimum Gasteiger partial charge on any atom is -0.488 e. The van der Waals surface area contributed by atoms with E-state index in [1.807, 2.05) is 30.3 Å². The summed E-state index contributed by atoms with van der Waals surface area (Å²) in [6.45, 7) is 0.372. The summed E-state index contributed by atoms with van der Waals surface area (Å²) in [7, 11) is 0. The fourth-order valence-corrected chi connectivity index (χ4v) is 2.08. The fourth-order valence-electron chi connectivity index (χ4n) is 1.59. The number of halogens is 2. The van der Waals surface area contributed by atoms with Crippen LogP contribution < -0.4 is 10.5 Å². The molecular weight excluding hydrogens is 301 g/mol. The summed E-state index contributed by atoms with van der Waals surface area (Å²) >= 11 is 16.8. The molecule has 2 aromatic carbocycles. The van der Waals surface area contributed by atoms with Crippen LogP contribution in [-0.4, -0.2) is 4.99 Å². The molecule has 0 unspecified atom stereocenters. The van der Waals surface area contributed by atoms with Crippen LogP contribution in [0, 0.1) is 0 Å². The van der Waals surface area contributed by atoms with Crippen LogP contribution in [0.3, 0.4) is 0 Å². The number of rotatable bonds is 4. The van der Waals surface area contributed by atoms with E-state index >= 15 is 0 Å². The van der Waals surface area contributed by atoms with Gasteiger partial charge in [0.15, 0.2) is 0 Å². The molecule has 2 nitrogen and oxygen atoms in total. The molecule has 2 rings (SSSR count). The zero-order valence-electron chi connectivity index (χ0n) is 9.90. The minimum absolute atomic E-state index is 0.310. The maximum atomic E-state index is 5.95. The van der Waals surface area contributed by atoms with Crippen LogP contribution in [0.2, 0.25) is 10.0 Å². The standard InChI is InChI=1S/C14H11Cl2NOS/c15-11-6-5-9(7-12(11)16)8-18-13-4-2-1-3-10(13)14(17)19/h1-7H,8H2,(H2,17,19). The summed E-state index contributed by atoms with van der Waals surface area (Å²) in [5.41, 5.74) is 7.28. The Morgan fingerprint density at radius 2 is 1.84 bits per heavy atom. The summed E-state index contributed by atoms with van der Waals surface area (Å²) in [6, 6.07) is 12.7. The van der Waals surface area contributed by atoms with Crippen molar-refractivity contribution < 1.29 is 4.74 Å². The van der Waals surface area contributed by atoms with Crippen molar-refractivity contribution in [3.63, 3.8) is 0 Å². The van der Waals surface area contributed by atoms with Crippen molar-refractivity contribution in [2.24, 2.45) is 5.73 Å². The largest absolute Gasteiger partial charge is 0.488 e. The lowest BCUT2D eigenvalue weighted by Crippen LogP contribution is -2.11. The number of hydrogen-bond acceptors (Lipinski definition) is 2. The average molecular weight is 312 g/mol. The first-order valence-corrected chi connectivity index (χ1v) is 6.70. The molecule has 0 aliphatic rings. The van der Waals surface area contributed by atoms with Crippen molar-refractivity contribution in [2.75, 3.05) is 0 Å². The van der Waals surface area contributed by atoms with Gasteiger partial charge in [0.1, 0.15) is 17.3 Å². The van der Waals surface area contributed by atoms with Gasteiger partial charge in [0.25, 0.3) is 0 Å². The van der Waals surface area contributed by atoms with Crippen molar-refractivity contribution in [3.8, 4) is 5.75 Å². The quantitative estimate of drug-likeness (QED) is 0.859. The normalized spacial score (nSPS) is 10.2. The highest BCUT2D eigenvalue weighted by atomic mass is 35.5. The predicted molar refractivity (Wildman–Crippen MR) is 83.1 cm³/mol. The van der Waals surface area contributed by atoms with Crippen LogP contribution in [0.25, 0.3) is 0 Å². The van der Waals surface area contributed by atoms with Crippen molar-refractivity contribution in [2.45, 2.75) is 6.61 Å². The van der Waals surface area contributed by atoms with Gasteiger partial charge < -0.3 is 10.5 Å². The molecule has 0 saturated heterocycles. The van der Waals surface area contributed by atoms with Crippen LogP contribution in [-0.2, 0) is 6.61 Å². The highest BCUT2D eigenvalue weighted by Crippen LogP contribution is 2.24. The van der Waals surface area contributed by atoms with Gasteiger partial charge in [0, 0.05) is 0 Å². The SMILES string of the molecule is NC(=S)c1ccccc1OCc1ccc(Cl)c(Cl)c1. The smallest absolute Gasteiger partial charge is 0.129 e. The zero-order chi connectivity index (χ0) is 13.8. The molecule has 2 aromatic rings. The third-order valence-electron chi connectivity index (χ3n) is 2.53. The van der Waals surface area contributed by atoms with Crippen molar-refractivity contribution in [1.82, 2.24) is 0 Å². The maximum absolute atomic E-state index is 5.95. The lowest BCUT2D eigenvalue weighted by Gasteiger charge is -2.10. The van der Waals surface area contributed by atoms with Crippen molar-refractivity contribution >= 4 is 40.4 Å². The second kappa shape index (κ2) is 6.24. The molecule has 19 heavy (non-hydrogen) atoms. The molecule has 0 fully saturated rings. The monoisotopic (exact) mass is 311 g/mol. The Balaban J connectivity index is 2.14. The van der Waals surface area contributed by atoms with Gasteiger partial charge in [-0.2, -0.15) is 0 Å². The molecule has 2 N–H and O–H groups in total. The molecular formula is C14H11Cl2NOS. The van der Waals surface area contributed by atoms with Crippen LogP contribution in [0.15, 0.2) is 42.5 Å². The Morgan fingerprint density at radius 1 is 1.11 bits per heavy atom. The Bertz CT molecular complexity index is 616. The van der Waals surface area contributed by atoms with Crippen LogP contribution in [0.1, 0.15) is 11.1 Å². The van der Waals surface area contributed by atoms with E-state index in [0.717, 1.165) is 11.1 Å². The second-order valence-corrected chi connectivity index (χ2v) is 5.15. The molecule has 5 heteroatoms. The number of hydrogen-bond donors (Lipinski definition) is 1. The Kier molecular flexibility index (Phi) is 4.64. The molecule has 0 aliphatic heterocycles. The lowest BCUT2D eigenvalue weighted by molar-refractivity contribution is 0.305. The molecule has 0 heterocycles. The van der Waals surface area contributed by atoms with Crippen LogP contribution in [0.4, 0.5) is 0 Å². The Labute approximate surface area is 127 Å². The molecule has 98 valence electrons. The van der Waals surface area contributed by atoms with Gasteiger partial charge in [0.05, 0.1) is 15.6 Å². The van der Waals surface area contributed by atoms with Gasteiger partial charge in [-0.1, -0.05) is 53.6 Å². The number of thiocarbonyl (C=S) groups is 1. The number of benzene rings is 2. The van der Waals surface area contributed by atoms with E-state index < -0.39 is 0 Å². The maximum Gasteiger partial charge on any atom is 0.129 e. The van der Waals surface area contributed by atoms with Gasteiger partial charge in [-0.05, 0) is 29.8 Å². The first-order valence-electron chi connectivity index (χ1n) is 5.53. The van der Waals surface area contributed by atoms with Gasteiger partial charge >= 0.3 is 0 Å². The summed E-state index contributed by atoms with van der Waals surface area (Å²) in [6.07, 6.45) is 0. The fraction of sp³-hybridized carbons (Fsp3) is 0.0714. The average Bonchev–Trinajstić information content (AvgIpc) is 2.40. The molecule has 0 atom stereocenters. The van der Waals surface area contributed by atoms with Crippen LogP contribution in [0.5, 0.6) is 5.75 Å². The van der Waals surface area contributed by atoms with Gasteiger partial charge in [-0.15, -0.1) is 0 Å². The van der Waals surface area contributed by atoms with E-state index in [4.69, 9.17) is 45.9 Å². The summed E-state index contributed by atoms with van der Waals surface area (Å²) in [5, 5.41) is 1.03. The third-order valence-corrected chi connectivity index (χ3v) is 3.49. The lowest BCUT2D eigenvalue weighted by atomic mass is 10.2. The van der Waals surface area contributed by atoms with E-state index in [2.05, 4.69) is 0 Å². The molecule has 0 bridgehead atoms. The second-order valence-electron chi connectivity index (χ2n) is 3.90. The van der Waals surface area contributed by atoms with Gasteiger partial charge in [0.2, 0.25) is 0 Å². The third kappa shape index (κ3) is 3.60. The molecule has 0 saturated carbocycles. The predicted octanol–water partition coefficient (Wildman–Crippen LogP) is 4.21. The number of para-hydroxylation sites is 1. The first-order chi connectivity index (χ1) is 9.08. The highest BCUT2D eigenvalue weighted by Gasteiger charge is 2.06. The van der Waals surface area contributed by atoms with E-state index in [-0.39, 0.29) is 0 Å². The summed E-state index contributed by atoms with van der Waals surface area (Å²) in [5.74, 6) is 0.654. The number of ether oxygens (including phenoxy) is 1. The Morgan fingerprint density at radius 3 is 2.53 bits per heavy atom. The van der Waals surface area contributed by atoms with E-state index in [0.29, 0.717) is 27.4 Å². The molecule has 0 aliphatic carbocycles. The minimum atomic E-state index is 0.310. The van der Waals surface area contributed by atoms with Gasteiger partial charge in [-0.25, -0.2) is 0 Å². The van der Waals surface area contributed by atoms with E-state index in [1.54, 1.807) is 12.1 Å². The van der Waals surface area contributed by atoms with E-state index in [1.165, 1.54) is 0 Å². The Hall–Kier alpha value is -1.29. The first kappa shape index (κ1) is 14.1. The van der Waals surface area contributed by atoms with Crippen molar-refractivity contribution in [3.05, 3.63) is 63.6 Å². The van der Waals surface area contributed by atoms with Gasteiger partial charge in [-0.3, -0.25) is 0 Å². The highest BCUT2D eigenvalue weighted by molar-refractivity contribution is 7.80. The van der Waals surface area contributed by atoms with Crippen LogP contribution >= 0.6 is 35.4 Å². The molecule has 0 radical (unpaired) electrons. The summed E-state index contributed by atoms with van der Waals surface area (Å²) < 4.78 is 5.71. The topological polar surface area (TPSA) is 35.2 Å². The summed E-state index contributed by atoms with van der Waals surface area (Å²) in [4.78, 5) is 0.310. The molecule has 0 amide bonds. The van der Waals surface area contributed by atoms with E-state index in [9.17, 15) is 0 Å². The number of nitrogens with two attached hydrogens (primary N) is 1. The molecule has 0 aromatic heterocycles. The molecule has 0 spiro atoms. The van der Waals surface area contributed by atoms with Crippen molar-refractivity contribution in [1.29, 1.82) is 0 Å². The zero-order valence-corrected chi connectivity index (χ0v) is 12.2.